The van der Waals surface area contributed by atoms with Gasteiger partial charge in [0.25, 0.3) is 5.69 Å². The molecule has 8 nitrogen and oxygen atoms in total. The highest BCUT2D eigenvalue weighted by atomic mass is 35.5. The van der Waals surface area contributed by atoms with E-state index in [1.165, 1.54) is 18.2 Å². The number of hydrogen-bond donors (Lipinski definition) is 1. The minimum atomic E-state index is -1.23. The molecule has 0 aliphatic rings. The first kappa shape index (κ1) is 16.3. The summed E-state index contributed by atoms with van der Waals surface area (Å²) in [6, 6.07) is 5.80. The van der Waals surface area contributed by atoms with Gasteiger partial charge in [0.15, 0.2) is 16.6 Å². The zero-order valence-electron chi connectivity index (χ0n) is 12.9. The monoisotopic (exact) mass is 347 g/mol. The van der Waals surface area contributed by atoms with E-state index in [1.54, 1.807) is 12.4 Å². The van der Waals surface area contributed by atoms with E-state index in [4.69, 9.17) is 11.6 Å². The molecule has 0 saturated heterocycles. The van der Waals surface area contributed by atoms with Crippen molar-refractivity contribution in [1.82, 2.24) is 19.5 Å². The van der Waals surface area contributed by atoms with E-state index in [0.717, 1.165) is 0 Å². The van der Waals surface area contributed by atoms with Crippen LogP contribution in [0.2, 0.25) is 5.15 Å². The summed E-state index contributed by atoms with van der Waals surface area (Å²) in [4.78, 5) is 23.0. The van der Waals surface area contributed by atoms with Crippen molar-refractivity contribution in [3.8, 4) is 0 Å². The number of rotatable bonds is 4. The Morgan fingerprint density at radius 3 is 2.75 bits per heavy atom. The van der Waals surface area contributed by atoms with Crippen LogP contribution >= 0.6 is 11.6 Å². The Morgan fingerprint density at radius 1 is 1.33 bits per heavy atom. The van der Waals surface area contributed by atoms with Gasteiger partial charge in [-0.05, 0) is 19.4 Å². The highest BCUT2D eigenvalue weighted by Crippen LogP contribution is 2.27. The van der Waals surface area contributed by atoms with Gasteiger partial charge in [-0.25, -0.2) is 15.0 Å². The number of aliphatic hydroxyl groups excluding tert-OH is 1. The lowest BCUT2D eigenvalue weighted by molar-refractivity contribution is -0.385. The number of imidazole rings is 1. The summed E-state index contributed by atoms with van der Waals surface area (Å²) in [7, 11) is 0. The van der Waals surface area contributed by atoms with Crippen molar-refractivity contribution in [3.05, 3.63) is 57.2 Å². The molecule has 0 saturated carbocycles. The van der Waals surface area contributed by atoms with E-state index in [9.17, 15) is 15.2 Å². The van der Waals surface area contributed by atoms with E-state index in [1.807, 2.05) is 18.4 Å². The first-order chi connectivity index (χ1) is 11.4. The van der Waals surface area contributed by atoms with Crippen LogP contribution in [-0.4, -0.2) is 29.5 Å². The van der Waals surface area contributed by atoms with E-state index < -0.39 is 11.0 Å². The standard InChI is InChI=1S/C15H14ClN5O3/c1-8(2)20-7-17-11-13(16)18-14(19-15(11)20)12(22)9-4-3-5-10(6-9)21(23)24/h3-8,12,22H,1-2H3. The summed E-state index contributed by atoms with van der Waals surface area (Å²) >= 11 is 6.15. The predicted octanol–water partition coefficient (Wildman–Crippen LogP) is 3.05. The van der Waals surface area contributed by atoms with Crippen molar-refractivity contribution in [3.63, 3.8) is 0 Å². The number of aromatic nitrogens is 4. The average molecular weight is 348 g/mol. The largest absolute Gasteiger partial charge is 0.380 e. The molecular formula is C15H14ClN5O3. The maximum Gasteiger partial charge on any atom is 0.269 e. The van der Waals surface area contributed by atoms with Crippen LogP contribution in [0.4, 0.5) is 5.69 Å². The number of non-ortho nitro benzene ring substituents is 1. The van der Waals surface area contributed by atoms with Crippen LogP contribution in [-0.2, 0) is 0 Å². The molecule has 1 unspecified atom stereocenters. The molecule has 3 rings (SSSR count). The van der Waals surface area contributed by atoms with Crippen LogP contribution < -0.4 is 0 Å². The zero-order valence-corrected chi connectivity index (χ0v) is 13.7. The fourth-order valence-electron chi connectivity index (χ4n) is 2.36. The number of nitro benzene ring substituents is 1. The van der Waals surface area contributed by atoms with Gasteiger partial charge in [-0.15, -0.1) is 0 Å². The van der Waals surface area contributed by atoms with Gasteiger partial charge in [0.1, 0.15) is 11.6 Å². The van der Waals surface area contributed by atoms with Crippen molar-refractivity contribution in [2.24, 2.45) is 0 Å². The Labute approximate surface area is 141 Å². The molecule has 9 heteroatoms. The Bertz CT molecular complexity index is 925. The number of benzene rings is 1. The summed E-state index contributed by atoms with van der Waals surface area (Å²) in [6.45, 7) is 3.93. The maximum absolute atomic E-state index is 10.9. The molecule has 0 fully saturated rings. The first-order valence-corrected chi connectivity index (χ1v) is 7.58. The fourth-order valence-corrected chi connectivity index (χ4v) is 2.58. The Kier molecular flexibility index (Phi) is 4.16. The van der Waals surface area contributed by atoms with Crippen molar-refractivity contribution < 1.29 is 10.0 Å². The SMILES string of the molecule is CC(C)n1cnc2c(Cl)nc(C(O)c3cccc([N+](=O)[O-])c3)nc21. The fraction of sp³-hybridized carbons (Fsp3) is 0.267. The molecule has 0 spiro atoms. The molecule has 2 aromatic heterocycles. The second-order valence-electron chi connectivity index (χ2n) is 5.55. The van der Waals surface area contributed by atoms with Crippen LogP contribution in [0.3, 0.4) is 0 Å². The number of nitrogens with zero attached hydrogens (tertiary/aromatic N) is 5. The molecule has 124 valence electrons. The smallest absolute Gasteiger partial charge is 0.269 e. The lowest BCUT2D eigenvalue weighted by Crippen LogP contribution is -2.08. The normalized spacial score (nSPS) is 12.7. The van der Waals surface area contributed by atoms with Gasteiger partial charge < -0.3 is 9.67 Å². The van der Waals surface area contributed by atoms with Crippen molar-refractivity contribution in [1.29, 1.82) is 0 Å². The highest BCUT2D eigenvalue weighted by Gasteiger charge is 2.21. The lowest BCUT2D eigenvalue weighted by Gasteiger charge is -2.12. The number of aliphatic hydroxyl groups is 1. The van der Waals surface area contributed by atoms with Gasteiger partial charge >= 0.3 is 0 Å². The van der Waals surface area contributed by atoms with Crippen LogP contribution in [0, 0.1) is 10.1 Å². The molecule has 1 N–H and O–H groups in total. The lowest BCUT2D eigenvalue weighted by atomic mass is 10.1. The molecule has 2 heterocycles. The van der Waals surface area contributed by atoms with Crippen LogP contribution in [0.15, 0.2) is 30.6 Å². The first-order valence-electron chi connectivity index (χ1n) is 7.21. The summed E-state index contributed by atoms with van der Waals surface area (Å²) in [5.41, 5.74) is 1.14. The van der Waals surface area contributed by atoms with E-state index in [2.05, 4.69) is 15.0 Å². The average Bonchev–Trinajstić information content (AvgIpc) is 2.99. The van der Waals surface area contributed by atoms with E-state index in [-0.39, 0.29) is 22.7 Å². The Hall–Kier alpha value is -2.58. The number of halogens is 1. The van der Waals surface area contributed by atoms with Gasteiger partial charge in [0.2, 0.25) is 0 Å². The summed E-state index contributed by atoms with van der Waals surface area (Å²) in [5.74, 6) is 0.0652. The number of fused-ring (bicyclic) bond motifs is 1. The van der Waals surface area contributed by atoms with Crippen molar-refractivity contribution >= 4 is 28.5 Å². The van der Waals surface area contributed by atoms with Crippen molar-refractivity contribution in [2.45, 2.75) is 26.0 Å². The zero-order chi connectivity index (χ0) is 17.4. The van der Waals surface area contributed by atoms with Gasteiger partial charge in [-0.3, -0.25) is 10.1 Å². The van der Waals surface area contributed by atoms with E-state index in [0.29, 0.717) is 16.7 Å². The number of nitro groups is 1. The molecule has 3 aromatic rings. The summed E-state index contributed by atoms with van der Waals surface area (Å²) in [5, 5.41) is 21.5. The third-order valence-electron chi connectivity index (χ3n) is 3.59. The highest BCUT2D eigenvalue weighted by molar-refractivity contribution is 6.33. The maximum atomic E-state index is 10.9. The molecule has 0 radical (unpaired) electrons. The van der Waals surface area contributed by atoms with Gasteiger partial charge in [0, 0.05) is 18.2 Å². The second-order valence-corrected chi connectivity index (χ2v) is 5.90. The van der Waals surface area contributed by atoms with Crippen LogP contribution in [0.25, 0.3) is 11.2 Å². The molecule has 1 atom stereocenters. The second kappa shape index (κ2) is 6.14. The predicted molar refractivity (Wildman–Crippen MR) is 87.9 cm³/mol. The third-order valence-corrected chi connectivity index (χ3v) is 3.86. The number of hydrogen-bond acceptors (Lipinski definition) is 6. The summed E-state index contributed by atoms with van der Waals surface area (Å²) < 4.78 is 1.81. The molecule has 0 bridgehead atoms. The minimum absolute atomic E-state index is 0.0652. The van der Waals surface area contributed by atoms with Gasteiger partial charge in [-0.1, -0.05) is 23.7 Å². The Morgan fingerprint density at radius 2 is 2.08 bits per heavy atom. The van der Waals surface area contributed by atoms with Crippen LogP contribution in [0.1, 0.15) is 37.4 Å². The third kappa shape index (κ3) is 2.81. The van der Waals surface area contributed by atoms with Gasteiger partial charge in [0.05, 0.1) is 11.3 Å². The topological polar surface area (TPSA) is 107 Å². The molecule has 0 amide bonds. The molecule has 0 aliphatic carbocycles. The molecular weight excluding hydrogens is 334 g/mol. The van der Waals surface area contributed by atoms with Gasteiger partial charge in [-0.2, -0.15) is 0 Å². The molecule has 24 heavy (non-hydrogen) atoms. The van der Waals surface area contributed by atoms with Crippen molar-refractivity contribution in [2.75, 3.05) is 0 Å². The molecule has 1 aromatic carbocycles. The van der Waals surface area contributed by atoms with Crippen LogP contribution in [0.5, 0.6) is 0 Å². The summed E-state index contributed by atoms with van der Waals surface area (Å²) in [6.07, 6.45) is 0.377. The minimum Gasteiger partial charge on any atom is -0.380 e. The quantitative estimate of drug-likeness (QED) is 0.441. The Balaban J connectivity index is 2.10. The molecule has 0 aliphatic heterocycles. The van der Waals surface area contributed by atoms with E-state index >= 15 is 0 Å².